The molecule has 0 spiro atoms. The first kappa shape index (κ1) is 9.38. The summed E-state index contributed by atoms with van der Waals surface area (Å²) in [5, 5.41) is 8.19. The number of ether oxygens (including phenoxy) is 1. The minimum absolute atomic E-state index is 0.0239. The highest BCUT2D eigenvalue weighted by Gasteiger charge is 2.45. The van der Waals surface area contributed by atoms with Crippen LogP contribution in [0.4, 0.5) is 8.78 Å². The van der Waals surface area contributed by atoms with E-state index in [0.29, 0.717) is 0 Å². The van der Waals surface area contributed by atoms with Crippen LogP contribution in [-0.4, -0.2) is 29.7 Å². The molecule has 0 aromatic heterocycles. The second-order valence-electron chi connectivity index (χ2n) is 2.90. The summed E-state index contributed by atoms with van der Waals surface area (Å²) >= 11 is 0. The van der Waals surface area contributed by atoms with Gasteiger partial charge in [-0.2, -0.15) is 0 Å². The molecule has 0 radical (unpaired) electrons. The number of hydrogen-bond donors (Lipinski definition) is 1. The van der Waals surface area contributed by atoms with E-state index in [0.717, 1.165) is 0 Å². The van der Waals surface area contributed by atoms with E-state index in [1.54, 1.807) is 0 Å². The van der Waals surface area contributed by atoms with Gasteiger partial charge in [-0.1, -0.05) is 0 Å². The van der Waals surface area contributed by atoms with Crippen molar-refractivity contribution in [3.05, 3.63) is 0 Å². The van der Waals surface area contributed by atoms with Gasteiger partial charge in [0.05, 0.1) is 19.1 Å². The van der Waals surface area contributed by atoms with Crippen LogP contribution in [0.25, 0.3) is 0 Å². The van der Waals surface area contributed by atoms with Crippen molar-refractivity contribution in [3.8, 4) is 0 Å². The molecule has 1 aliphatic carbocycles. The smallest absolute Gasteiger partial charge is 0.305 e. The van der Waals surface area contributed by atoms with E-state index in [-0.39, 0.29) is 25.9 Å². The molecule has 0 saturated heterocycles. The Morgan fingerprint density at radius 3 is 2.58 bits per heavy atom. The first-order valence-electron chi connectivity index (χ1n) is 3.71. The van der Waals surface area contributed by atoms with Crippen LogP contribution in [-0.2, 0) is 9.53 Å². The van der Waals surface area contributed by atoms with Gasteiger partial charge in [-0.05, 0) is 0 Å². The van der Waals surface area contributed by atoms with Crippen LogP contribution in [0.1, 0.15) is 19.3 Å². The number of aliphatic carboxylic acids is 1. The van der Waals surface area contributed by atoms with E-state index in [2.05, 4.69) is 0 Å². The van der Waals surface area contributed by atoms with Gasteiger partial charge in [-0.25, -0.2) is 8.78 Å². The Hall–Kier alpha value is -0.710. The minimum Gasteiger partial charge on any atom is -0.481 e. The van der Waals surface area contributed by atoms with Gasteiger partial charge < -0.3 is 9.84 Å². The lowest BCUT2D eigenvalue weighted by Gasteiger charge is -2.34. The van der Waals surface area contributed by atoms with Crippen LogP contribution in [0, 0.1) is 0 Å². The van der Waals surface area contributed by atoms with Crippen LogP contribution in [0.15, 0.2) is 0 Å². The van der Waals surface area contributed by atoms with E-state index < -0.39 is 18.0 Å². The van der Waals surface area contributed by atoms with Gasteiger partial charge in [0.15, 0.2) is 0 Å². The molecule has 1 N–H and O–H groups in total. The molecule has 3 nitrogen and oxygen atoms in total. The summed E-state index contributed by atoms with van der Waals surface area (Å²) in [6, 6.07) is 0. The Morgan fingerprint density at radius 1 is 1.58 bits per heavy atom. The molecule has 1 fully saturated rings. The van der Waals surface area contributed by atoms with Crippen molar-refractivity contribution in [1.29, 1.82) is 0 Å². The topological polar surface area (TPSA) is 46.5 Å². The molecule has 0 amide bonds. The van der Waals surface area contributed by atoms with Crippen LogP contribution >= 0.6 is 0 Å². The summed E-state index contributed by atoms with van der Waals surface area (Å²) in [5.74, 6) is -3.56. The maximum atomic E-state index is 12.2. The second kappa shape index (κ2) is 3.35. The molecular weight excluding hydrogens is 170 g/mol. The number of halogens is 2. The molecule has 0 atom stereocenters. The van der Waals surface area contributed by atoms with Gasteiger partial charge in [0, 0.05) is 12.8 Å². The lowest BCUT2D eigenvalue weighted by Crippen LogP contribution is -2.41. The second-order valence-corrected chi connectivity index (χ2v) is 2.90. The number of alkyl halides is 2. The fraction of sp³-hybridized carbons (Fsp3) is 0.857. The van der Waals surface area contributed by atoms with Gasteiger partial charge >= 0.3 is 5.97 Å². The average molecular weight is 180 g/mol. The van der Waals surface area contributed by atoms with E-state index in [1.165, 1.54) is 0 Å². The van der Waals surface area contributed by atoms with Crippen LogP contribution in [0.5, 0.6) is 0 Å². The predicted molar refractivity (Wildman–Crippen MR) is 36.2 cm³/mol. The molecule has 0 aliphatic heterocycles. The highest BCUT2D eigenvalue weighted by atomic mass is 19.3. The number of rotatable bonds is 4. The summed E-state index contributed by atoms with van der Waals surface area (Å²) < 4.78 is 29.2. The zero-order chi connectivity index (χ0) is 9.19. The number of carboxylic acid groups (broad SMARTS) is 1. The van der Waals surface area contributed by atoms with E-state index in [1.807, 2.05) is 0 Å². The maximum absolute atomic E-state index is 12.2. The summed E-state index contributed by atoms with van der Waals surface area (Å²) in [6.07, 6.45) is -1.11. The Labute approximate surface area is 68.3 Å². The molecule has 1 aliphatic rings. The SMILES string of the molecule is O=C(O)CCOC1CC(F)(F)C1. The minimum atomic E-state index is -2.59. The van der Waals surface area contributed by atoms with E-state index >= 15 is 0 Å². The normalized spacial score (nSPS) is 21.8. The zero-order valence-electron chi connectivity index (χ0n) is 6.43. The highest BCUT2D eigenvalue weighted by Crippen LogP contribution is 2.39. The summed E-state index contributed by atoms with van der Waals surface area (Å²) in [5.41, 5.74) is 0. The summed E-state index contributed by atoms with van der Waals surface area (Å²) in [6.45, 7) is 0.0239. The summed E-state index contributed by atoms with van der Waals surface area (Å²) in [7, 11) is 0. The molecule has 0 unspecified atom stereocenters. The average Bonchev–Trinajstić information content (AvgIpc) is 1.82. The molecule has 5 heteroatoms. The molecule has 0 aromatic rings. The predicted octanol–water partition coefficient (Wildman–Crippen LogP) is 1.28. The number of carboxylic acids is 1. The van der Waals surface area contributed by atoms with Crippen molar-refractivity contribution in [3.63, 3.8) is 0 Å². The van der Waals surface area contributed by atoms with Gasteiger partial charge in [0.2, 0.25) is 0 Å². The lowest BCUT2D eigenvalue weighted by molar-refractivity contribution is -0.167. The molecular formula is C7H10F2O3. The van der Waals surface area contributed by atoms with Gasteiger partial charge in [-0.15, -0.1) is 0 Å². The Balaban J connectivity index is 2.01. The van der Waals surface area contributed by atoms with Crippen molar-refractivity contribution in [2.24, 2.45) is 0 Å². The molecule has 70 valence electrons. The zero-order valence-corrected chi connectivity index (χ0v) is 6.43. The first-order valence-corrected chi connectivity index (χ1v) is 3.71. The van der Waals surface area contributed by atoms with Crippen molar-refractivity contribution in [2.45, 2.75) is 31.3 Å². The quantitative estimate of drug-likeness (QED) is 0.708. The lowest BCUT2D eigenvalue weighted by atomic mass is 9.91. The third kappa shape index (κ3) is 2.73. The summed E-state index contributed by atoms with van der Waals surface area (Å²) in [4.78, 5) is 9.99. The molecule has 0 aromatic carbocycles. The van der Waals surface area contributed by atoms with Crippen molar-refractivity contribution >= 4 is 5.97 Å². The largest absolute Gasteiger partial charge is 0.481 e. The van der Waals surface area contributed by atoms with Gasteiger partial charge in [-0.3, -0.25) is 4.79 Å². The molecule has 0 bridgehead atoms. The van der Waals surface area contributed by atoms with Gasteiger partial charge in [0.1, 0.15) is 0 Å². The standard InChI is InChI=1S/C7H10F2O3/c8-7(9)3-5(4-7)12-2-1-6(10)11/h5H,1-4H2,(H,10,11). The van der Waals surface area contributed by atoms with E-state index in [4.69, 9.17) is 9.84 Å². The number of hydrogen-bond acceptors (Lipinski definition) is 2. The molecule has 1 rings (SSSR count). The van der Waals surface area contributed by atoms with Crippen molar-refractivity contribution < 1.29 is 23.4 Å². The fourth-order valence-electron chi connectivity index (χ4n) is 1.04. The molecule has 1 saturated carbocycles. The Morgan fingerprint density at radius 2 is 2.17 bits per heavy atom. The van der Waals surface area contributed by atoms with Crippen molar-refractivity contribution in [2.75, 3.05) is 6.61 Å². The first-order chi connectivity index (χ1) is 5.49. The number of carbonyl (C=O) groups is 1. The van der Waals surface area contributed by atoms with E-state index in [9.17, 15) is 13.6 Å². The monoisotopic (exact) mass is 180 g/mol. The Kier molecular flexibility index (Phi) is 2.62. The third-order valence-electron chi connectivity index (χ3n) is 1.72. The third-order valence-corrected chi connectivity index (χ3v) is 1.72. The molecule has 12 heavy (non-hydrogen) atoms. The fourth-order valence-corrected chi connectivity index (χ4v) is 1.04. The Bertz CT molecular complexity index is 173. The maximum Gasteiger partial charge on any atom is 0.305 e. The van der Waals surface area contributed by atoms with Crippen LogP contribution < -0.4 is 0 Å². The van der Waals surface area contributed by atoms with Crippen LogP contribution in [0.3, 0.4) is 0 Å². The van der Waals surface area contributed by atoms with Crippen LogP contribution in [0.2, 0.25) is 0 Å². The van der Waals surface area contributed by atoms with Gasteiger partial charge in [0.25, 0.3) is 5.92 Å². The van der Waals surface area contributed by atoms with Crippen molar-refractivity contribution in [1.82, 2.24) is 0 Å². The highest BCUT2D eigenvalue weighted by molar-refractivity contribution is 5.66. The molecule has 0 heterocycles.